The van der Waals surface area contributed by atoms with Crippen molar-refractivity contribution < 1.29 is 26.0 Å². The number of alkyl halides is 3. The van der Waals surface area contributed by atoms with Gasteiger partial charge in [0.25, 0.3) is 0 Å². The number of halogens is 4. The molecule has 192 valence electrons. The Balaban J connectivity index is 1.93. The average molecular weight is 533 g/mol. The van der Waals surface area contributed by atoms with Crippen LogP contribution in [0.1, 0.15) is 30.8 Å². The SMILES string of the molecule is CCc1cc2c(cc1F)c(C#N)c(-c1ccc(S(=O)(=O)NC(C)C(F)(F)F)cn1)n2-c1ccnc(C)n1. The molecule has 0 saturated carbocycles. The van der Waals surface area contributed by atoms with Crippen molar-refractivity contribution in [1.29, 1.82) is 5.26 Å². The van der Waals surface area contributed by atoms with Crippen LogP contribution in [0.2, 0.25) is 0 Å². The molecular formula is C24H20F4N6O2S. The fourth-order valence-electron chi connectivity index (χ4n) is 3.83. The highest BCUT2D eigenvalue weighted by molar-refractivity contribution is 7.89. The molecule has 3 heterocycles. The Morgan fingerprint density at radius 3 is 2.49 bits per heavy atom. The highest BCUT2D eigenvalue weighted by atomic mass is 32.2. The maximum atomic E-state index is 14.7. The molecule has 4 rings (SSSR count). The van der Waals surface area contributed by atoms with E-state index in [4.69, 9.17) is 0 Å². The Hall–Kier alpha value is -3.89. The summed E-state index contributed by atoms with van der Waals surface area (Å²) in [5, 5.41) is 10.3. The number of benzene rings is 1. The minimum Gasteiger partial charge on any atom is -0.291 e. The van der Waals surface area contributed by atoms with E-state index in [1.165, 1.54) is 18.3 Å². The number of nitrogens with one attached hydrogen (secondary N) is 1. The van der Waals surface area contributed by atoms with Crippen molar-refractivity contribution >= 4 is 20.9 Å². The third-order valence-corrected chi connectivity index (χ3v) is 7.26. The van der Waals surface area contributed by atoms with E-state index >= 15 is 0 Å². The molecule has 0 spiro atoms. The molecule has 0 radical (unpaired) electrons. The second kappa shape index (κ2) is 9.53. The molecule has 0 bridgehead atoms. The molecule has 0 aliphatic carbocycles. The van der Waals surface area contributed by atoms with E-state index in [1.54, 1.807) is 35.3 Å². The first-order valence-corrected chi connectivity index (χ1v) is 12.5. The summed E-state index contributed by atoms with van der Waals surface area (Å²) < 4.78 is 81.4. The number of sulfonamides is 1. The van der Waals surface area contributed by atoms with Crippen LogP contribution < -0.4 is 4.72 Å². The van der Waals surface area contributed by atoms with Crippen LogP contribution in [-0.2, 0) is 16.4 Å². The lowest BCUT2D eigenvalue weighted by molar-refractivity contribution is -0.147. The van der Waals surface area contributed by atoms with Crippen LogP contribution in [0.4, 0.5) is 17.6 Å². The maximum absolute atomic E-state index is 14.7. The van der Waals surface area contributed by atoms with Crippen LogP contribution in [0.25, 0.3) is 28.1 Å². The third kappa shape index (κ3) is 4.90. The molecule has 0 saturated heterocycles. The van der Waals surface area contributed by atoms with Crippen LogP contribution in [0.3, 0.4) is 0 Å². The zero-order valence-electron chi connectivity index (χ0n) is 19.8. The van der Waals surface area contributed by atoms with E-state index in [-0.39, 0.29) is 17.0 Å². The molecule has 0 aliphatic rings. The van der Waals surface area contributed by atoms with Gasteiger partial charge in [0.1, 0.15) is 34.5 Å². The summed E-state index contributed by atoms with van der Waals surface area (Å²) >= 11 is 0. The van der Waals surface area contributed by atoms with Crippen molar-refractivity contribution in [2.45, 2.75) is 44.3 Å². The van der Waals surface area contributed by atoms with Gasteiger partial charge in [-0.05, 0) is 56.2 Å². The van der Waals surface area contributed by atoms with Gasteiger partial charge in [0.05, 0.1) is 22.5 Å². The van der Waals surface area contributed by atoms with Crippen LogP contribution in [0, 0.1) is 24.1 Å². The number of aryl methyl sites for hydroxylation is 2. The number of nitrogens with zero attached hydrogens (tertiary/aromatic N) is 5. The predicted octanol–water partition coefficient (Wildman–Crippen LogP) is 4.59. The van der Waals surface area contributed by atoms with Crippen molar-refractivity contribution in [2.75, 3.05) is 0 Å². The Morgan fingerprint density at radius 1 is 1.19 bits per heavy atom. The van der Waals surface area contributed by atoms with Gasteiger partial charge in [0, 0.05) is 17.8 Å². The number of fused-ring (bicyclic) bond motifs is 1. The Bertz CT molecular complexity index is 1640. The molecule has 1 N–H and O–H groups in total. The molecule has 3 aromatic heterocycles. The fourth-order valence-corrected chi connectivity index (χ4v) is 5.00. The average Bonchev–Trinajstić information content (AvgIpc) is 3.15. The largest absolute Gasteiger partial charge is 0.404 e. The van der Waals surface area contributed by atoms with Gasteiger partial charge in [-0.3, -0.25) is 9.55 Å². The molecule has 1 atom stereocenters. The molecule has 0 fully saturated rings. The number of nitriles is 1. The third-order valence-electron chi connectivity index (χ3n) is 5.73. The van der Waals surface area contributed by atoms with E-state index in [0.29, 0.717) is 41.5 Å². The second-order valence-electron chi connectivity index (χ2n) is 8.21. The van der Waals surface area contributed by atoms with E-state index < -0.39 is 33.0 Å². The van der Waals surface area contributed by atoms with Gasteiger partial charge in [-0.15, -0.1) is 0 Å². The zero-order chi connectivity index (χ0) is 27.1. The predicted molar refractivity (Wildman–Crippen MR) is 127 cm³/mol. The summed E-state index contributed by atoms with van der Waals surface area (Å²) in [4.78, 5) is 12.2. The number of rotatable bonds is 6. The minimum absolute atomic E-state index is 0.0692. The normalized spacial score (nSPS) is 13.0. The van der Waals surface area contributed by atoms with Crippen molar-refractivity contribution in [3.63, 3.8) is 0 Å². The van der Waals surface area contributed by atoms with Gasteiger partial charge in [-0.25, -0.2) is 22.8 Å². The first kappa shape index (κ1) is 26.2. The number of aromatic nitrogens is 4. The minimum atomic E-state index is -4.77. The molecular weight excluding hydrogens is 512 g/mol. The van der Waals surface area contributed by atoms with E-state index in [9.17, 15) is 31.2 Å². The highest BCUT2D eigenvalue weighted by Crippen LogP contribution is 2.36. The number of hydrogen-bond donors (Lipinski definition) is 1. The molecule has 1 unspecified atom stereocenters. The molecule has 8 nitrogen and oxygen atoms in total. The smallest absolute Gasteiger partial charge is 0.291 e. The lowest BCUT2D eigenvalue weighted by Crippen LogP contribution is -2.42. The van der Waals surface area contributed by atoms with Crippen molar-refractivity contribution in [1.82, 2.24) is 24.2 Å². The van der Waals surface area contributed by atoms with Crippen molar-refractivity contribution in [2.24, 2.45) is 0 Å². The zero-order valence-corrected chi connectivity index (χ0v) is 20.6. The van der Waals surface area contributed by atoms with E-state index in [0.717, 1.165) is 12.3 Å². The number of hydrogen-bond acceptors (Lipinski definition) is 6. The van der Waals surface area contributed by atoms with Gasteiger partial charge in [0.15, 0.2) is 0 Å². The van der Waals surface area contributed by atoms with Crippen LogP contribution in [0.5, 0.6) is 0 Å². The Morgan fingerprint density at radius 2 is 1.92 bits per heavy atom. The Kier molecular flexibility index (Phi) is 6.74. The van der Waals surface area contributed by atoms with Crippen LogP contribution in [0.15, 0.2) is 47.6 Å². The fraction of sp³-hybridized carbons (Fsp3) is 0.250. The molecule has 4 aromatic rings. The Labute approximate surface area is 209 Å². The lowest BCUT2D eigenvalue weighted by atomic mass is 10.1. The van der Waals surface area contributed by atoms with Gasteiger partial charge in [0.2, 0.25) is 10.0 Å². The first-order valence-electron chi connectivity index (χ1n) is 11.0. The quantitative estimate of drug-likeness (QED) is 0.364. The number of pyridine rings is 1. The summed E-state index contributed by atoms with van der Waals surface area (Å²) in [6.07, 6.45) is -1.97. The van der Waals surface area contributed by atoms with Gasteiger partial charge in [-0.2, -0.15) is 23.2 Å². The van der Waals surface area contributed by atoms with Crippen LogP contribution >= 0.6 is 0 Å². The van der Waals surface area contributed by atoms with E-state index in [1.807, 2.05) is 0 Å². The highest BCUT2D eigenvalue weighted by Gasteiger charge is 2.39. The lowest BCUT2D eigenvalue weighted by Gasteiger charge is -2.17. The van der Waals surface area contributed by atoms with Crippen molar-refractivity contribution in [3.8, 4) is 23.3 Å². The standard InChI is InChI=1S/C24H20F4N6O2S/c1-4-15-9-21-17(10-19(15)25)18(11-29)23(34(21)22-7-8-30-14(3)32-22)20-6-5-16(12-31-20)37(35,36)33-13(2)24(26,27)28/h5-10,12-13,33H,4H2,1-3H3. The second-order valence-corrected chi connectivity index (χ2v) is 9.92. The first-order chi connectivity index (χ1) is 17.4. The molecule has 13 heteroatoms. The molecule has 0 aliphatic heterocycles. The summed E-state index contributed by atoms with van der Waals surface area (Å²) in [5.74, 6) is 0.302. The maximum Gasteiger partial charge on any atom is 0.404 e. The van der Waals surface area contributed by atoms with Crippen molar-refractivity contribution in [3.05, 3.63) is 65.5 Å². The van der Waals surface area contributed by atoms with E-state index in [2.05, 4.69) is 21.0 Å². The van der Waals surface area contributed by atoms with Gasteiger partial charge >= 0.3 is 6.18 Å². The summed E-state index contributed by atoms with van der Waals surface area (Å²) in [6, 6.07) is 6.55. The molecule has 0 amide bonds. The monoisotopic (exact) mass is 532 g/mol. The summed E-state index contributed by atoms with van der Waals surface area (Å²) in [6.45, 7) is 4.14. The topological polar surface area (TPSA) is 114 Å². The molecule has 37 heavy (non-hydrogen) atoms. The molecule has 1 aromatic carbocycles. The van der Waals surface area contributed by atoms with Gasteiger partial charge in [-0.1, -0.05) is 6.92 Å². The van der Waals surface area contributed by atoms with Gasteiger partial charge < -0.3 is 0 Å². The summed E-state index contributed by atoms with van der Waals surface area (Å²) in [7, 11) is -4.54. The summed E-state index contributed by atoms with van der Waals surface area (Å²) in [5.41, 5.74) is 1.29. The van der Waals surface area contributed by atoms with Crippen LogP contribution in [-0.4, -0.2) is 40.2 Å².